The molecule has 4 rings (SSSR count). The lowest BCUT2D eigenvalue weighted by molar-refractivity contribution is -0.121. The second kappa shape index (κ2) is 11.7. The number of benzene rings is 3. The number of ether oxygens (including phenoxy) is 1. The van der Waals surface area contributed by atoms with Gasteiger partial charge in [-0.3, -0.25) is 14.6 Å². The van der Waals surface area contributed by atoms with Gasteiger partial charge >= 0.3 is 0 Å². The van der Waals surface area contributed by atoms with E-state index in [1.807, 2.05) is 50.2 Å². The largest absolute Gasteiger partial charge is 0.494 e. The number of thioether (sulfide) groups is 1. The van der Waals surface area contributed by atoms with Crippen LogP contribution < -0.4 is 15.0 Å². The van der Waals surface area contributed by atoms with Gasteiger partial charge in [-0.2, -0.15) is 0 Å². The van der Waals surface area contributed by atoms with Crippen molar-refractivity contribution in [1.29, 1.82) is 0 Å². The highest BCUT2D eigenvalue weighted by atomic mass is 32.2. The fourth-order valence-corrected chi connectivity index (χ4v) is 5.09. The van der Waals surface area contributed by atoms with Crippen LogP contribution in [0.1, 0.15) is 37.4 Å². The van der Waals surface area contributed by atoms with E-state index in [-0.39, 0.29) is 24.3 Å². The number of carbonyl (C=O) groups is 2. The SMILES string of the molecule is CCN=C(NC(c1ccccc1)c1ccccc1)S[C@H]1CC(=O)N(c2ccc(OCC)cc2)C1=O. The van der Waals surface area contributed by atoms with Gasteiger partial charge in [0.15, 0.2) is 5.17 Å². The van der Waals surface area contributed by atoms with Crippen LogP contribution in [0.4, 0.5) is 5.69 Å². The lowest BCUT2D eigenvalue weighted by Crippen LogP contribution is -2.33. The first kappa shape index (κ1) is 24.5. The number of nitrogens with zero attached hydrogens (tertiary/aromatic N) is 2. The molecule has 3 aromatic carbocycles. The van der Waals surface area contributed by atoms with Crippen LogP contribution in [0.15, 0.2) is 89.9 Å². The standard InChI is InChI=1S/C28H29N3O3S/c1-3-29-28(30-26(20-11-7-5-8-12-20)21-13-9-6-10-14-21)35-24-19-25(32)31(27(24)33)22-15-17-23(18-16-22)34-4-2/h5-18,24,26H,3-4,19H2,1-2H3,(H,29,30)/t24-/m0/s1. The Kier molecular flexibility index (Phi) is 8.21. The van der Waals surface area contributed by atoms with Crippen LogP contribution in [0.2, 0.25) is 0 Å². The quantitative estimate of drug-likeness (QED) is 0.268. The van der Waals surface area contributed by atoms with Gasteiger partial charge in [-0.15, -0.1) is 0 Å². The first-order chi connectivity index (χ1) is 17.1. The van der Waals surface area contributed by atoms with E-state index in [0.29, 0.717) is 29.8 Å². The summed E-state index contributed by atoms with van der Waals surface area (Å²) in [4.78, 5) is 32.0. The van der Waals surface area contributed by atoms with Crippen molar-refractivity contribution in [3.05, 3.63) is 96.1 Å². The Hall–Kier alpha value is -3.58. The van der Waals surface area contributed by atoms with Gasteiger partial charge < -0.3 is 10.1 Å². The van der Waals surface area contributed by atoms with E-state index >= 15 is 0 Å². The lowest BCUT2D eigenvalue weighted by atomic mass is 9.99. The normalized spacial score (nSPS) is 16.1. The molecule has 6 nitrogen and oxygen atoms in total. The van der Waals surface area contributed by atoms with Crippen molar-refractivity contribution in [3.63, 3.8) is 0 Å². The molecular formula is C28H29N3O3S. The van der Waals surface area contributed by atoms with Crippen LogP contribution in [-0.2, 0) is 9.59 Å². The Bertz CT molecular complexity index is 1130. The molecule has 0 unspecified atom stereocenters. The molecule has 180 valence electrons. The van der Waals surface area contributed by atoms with Crippen LogP contribution >= 0.6 is 11.8 Å². The van der Waals surface area contributed by atoms with Crippen molar-refractivity contribution < 1.29 is 14.3 Å². The summed E-state index contributed by atoms with van der Waals surface area (Å²) in [6.45, 7) is 4.98. The van der Waals surface area contributed by atoms with Crippen molar-refractivity contribution in [1.82, 2.24) is 5.32 Å². The fourth-order valence-electron chi connectivity index (χ4n) is 3.99. The molecule has 1 N–H and O–H groups in total. The van der Waals surface area contributed by atoms with Gasteiger partial charge in [0.25, 0.3) is 0 Å². The summed E-state index contributed by atoms with van der Waals surface area (Å²) in [5.41, 5.74) is 2.74. The highest BCUT2D eigenvalue weighted by Crippen LogP contribution is 2.32. The lowest BCUT2D eigenvalue weighted by Gasteiger charge is -2.23. The molecule has 0 bridgehead atoms. The van der Waals surface area contributed by atoms with Gasteiger partial charge in [0, 0.05) is 13.0 Å². The Balaban J connectivity index is 1.53. The maximum Gasteiger partial charge on any atom is 0.247 e. The minimum absolute atomic E-state index is 0.127. The summed E-state index contributed by atoms with van der Waals surface area (Å²) < 4.78 is 5.47. The van der Waals surface area contributed by atoms with Crippen molar-refractivity contribution in [3.8, 4) is 5.75 Å². The number of carbonyl (C=O) groups excluding carboxylic acids is 2. The molecule has 1 aliphatic heterocycles. The first-order valence-electron chi connectivity index (χ1n) is 11.8. The van der Waals surface area contributed by atoms with E-state index < -0.39 is 5.25 Å². The van der Waals surface area contributed by atoms with Crippen LogP contribution in [-0.4, -0.2) is 35.4 Å². The average Bonchev–Trinajstić information content (AvgIpc) is 3.16. The molecule has 0 aliphatic carbocycles. The maximum absolute atomic E-state index is 13.3. The summed E-state index contributed by atoms with van der Waals surface area (Å²) in [5.74, 6) is 0.261. The van der Waals surface area contributed by atoms with E-state index in [1.165, 1.54) is 16.7 Å². The van der Waals surface area contributed by atoms with Gasteiger partial charge in [-0.25, -0.2) is 4.90 Å². The Morgan fingerprint density at radius 1 is 0.971 bits per heavy atom. The van der Waals surface area contributed by atoms with Gasteiger partial charge in [0.1, 0.15) is 11.0 Å². The number of nitrogens with one attached hydrogen (secondary N) is 1. The summed E-state index contributed by atoms with van der Waals surface area (Å²) in [5, 5.41) is 3.64. The van der Waals surface area contributed by atoms with E-state index in [2.05, 4.69) is 34.6 Å². The van der Waals surface area contributed by atoms with Crippen molar-refractivity contribution >= 4 is 34.4 Å². The first-order valence-corrected chi connectivity index (χ1v) is 12.7. The number of rotatable bonds is 8. The predicted octanol–water partition coefficient (Wildman–Crippen LogP) is 5.21. The number of aliphatic imine (C=N–C) groups is 1. The van der Waals surface area contributed by atoms with Gasteiger partial charge in [-0.05, 0) is 49.2 Å². The molecule has 1 aliphatic rings. The fraction of sp³-hybridized carbons (Fsp3) is 0.250. The van der Waals surface area contributed by atoms with Crippen molar-refractivity contribution in [2.75, 3.05) is 18.1 Å². The number of hydrogen-bond acceptors (Lipinski definition) is 5. The van der Waals surface area contributed by atoms with Gasteiger partial charge in [0.05, 0.1) is 18.3 Å². The maximum atomic E-state index is 13.3. The van der Waals surface area contributed by atoms with E-state index in [9.17, 15) is 9.59 Å². The Morgan fingerprint density at radius 3 is 2.11 bits per heavy atom. The second-order valence-corrected chi connectivity index (χ2v) is 9.17. The van der Waals surface area contributed by atoms with Gasteiger partial charge in [-0.1, -0.05) is 72.4 Å². The predicted molar refractivity (Wildman–Crippen MR) is 142 cm³/mol. The molecule has 0 saturated carbocycles. The molecule has 0 spiro atoms. The summed E-state index contributed by atoms with van der Waals surface area (Å²) >= 11 is 1.32. The molecular weight excluding hydrogens is 458 g/mol. The second-order valence-electron chi connectivity index (χ2n) is 7.98. The minimum atomic E-state index is -0.543. The average molecular weight is 488 g/mol. The monoisotopic (exact) mass is 487 g/mol. The van der Waals surface area contributed by atoms with Crippen LogP contribution in [0.25, 0.3) is 0 Å². The van der Waals surface area contributed by atoms with Crippen molar-refractivity contribution in [2.45, 2.75) is 31.6 Å². The molecule has 0 aromatic heterocycles. The number of hydrogen-bond donors (Lipinski definition) is 1. The van der Waals surface area contributed by atoms with E-state index in [0.717, 1.165) is 11.1 Å². The molecule has 1 heterocycles. The third kappa shape index (κ3) is 5.92. The zero-order chi connectivity index (χ0) is 24.6. The highest BCUT2D eigenvalue weighted by Gasteiger charge is 2.41. The van der Waals surface area contributed by atoms with Crippen molar-refractivity contribution in [2.24, 2.45) is 4.99 Å². The zero-order valence-electron chi connectivity index (χ0n) is 19.9. The van der Waals surface area contributed by atoms with Crippen LogP contribution in [0.5, 0.6) is 5.75 Å². The molecule has 3 aromatic rings. The van der Waals surface area contributed by atoms with Crippen LogP contribution in [0, 0.1) is 0 Å². The zero-order valence-corrected chi connectivity index (χ0v) is 20.7. The van der Waals surface area contributed by atoms with E-state index in [4.69, 9.17) is 4.74 Å². The summed E-state index contributed by atoms with van der Waals surface area (Å²) in [6.07, 6.45) is 0.127. The minimum Gasteiger partial charge on any atom is -0.494 e. The Morgan fingerprint density at radius 2 is 1.57 bits per heavy atom. The molecule has 7 heteroatoms. The third-order valence-corrected chi connectivity index (χ3v) is 6.72. The topological polar surface area (TPSA) is 71.0 Å². The summed E-state index contributed by atoms with van der Waals surface area (Å²) in [7, 11) is 0. The molecule has 1 atom stereocenters. The van der Waals surface area contributed by atoms with Crippen LogP contribution in [0.3, 0.4) is 0 Å². The van der Waals surface area contributed by atoms with E-state index in [1.54, 1.807) is 24.3 Å². The molecule has 1 saturated heterocycles. The van der Waals surface area contributed by atoms with Gasteiger partial charge in [0.2, 0.25) is 11.8 Å². The third-order valence-electron chi connectivity index (χ3n) is 5.60. The Labute approximate surface area is 210 Å². The summed E-state index contributed by atoms with van der Waals surface area (Å²) in [6, 6.07) is 27.2. The molecule has 2 amide bonds. The smallest absolute Gasteiger partial charge is 0.247 e. The number of amidine groups is 1. The highest BCUT2D eigenvalue weighted by molar-refractivity contribution is 8.15. The molecule has 0 radical (unpaired) electrons. The number of amides is 2. The molecule has 1 fully saturated rings. The number of imide groups is 1. The molecule has 35 heavy (non-hydrogen) atoms. The number of anilines is 1.